The summed E-state index contributed by atoms with van der Waals surface area (Å²) in [6.45, 7) is 9.64. The molecule has 0 atom stereocenters. The van der Waals surface area contributed by atoms with Gasteiger partial charge in [-0.2, -0.15) is 0 Å². The molecule has 0 aliphatic carbocycles. The fourth-order valence-corrected chi connectivity index (χ4v) is 2.33. The summed E-state index contributed by atoms with van der Waals surface area (Å²) in [7, 11) is 0. The minimum absolute atomic E-state index is 0. The van der Waals surface area contributed by atoms with Crippen LogP contribution in [0.2, 0.25) is 0 Å². The Bertz CT molecular complexity index is 810. The van der Waals surface area contributed by atoms with Gasteiger partial charge in [0.1, 0.15) is 18.1 Å². The van der Waals surface area contributed by atoms with Gasteiger partial charge in [0, 0.05) is 23.6 Å². The van der Waals surface area contributed by atoms with E-state index >= 15 is 0 Å². The molecule has 0 bridgehead atoms. The first-order valence-corrected chi connectivity index (χ1v) is 8.93. The van der Waals surface area contributed by atoms with E-state index in [9.17, 15) is 9.59 Å². The third-order valence-corrected chi connectivity index (χ3v) is 3.84. The van der Waals surface area contributed by atoms with Crippen LogP contribution in [0.4, 0.5) is 0 Å². The lowest BCUT2D eigenvalue weighted by Gasteiger charge is -2.20. The fraction of sp³-hybridized carbons (Fsp3) is 0.364. The largest absolute Gasteiger partial charge is 0.461 e. The first-order valence-electron chi connectivity index (χ1n) is 8.93. The van der Waals surface area contributed by atoms with Crippen LogP contribution in [0.25, 0.3) is 0 Å². The highest BCUT2D eigenvalue weighted by atomic mass is 35.5. The Hall–Kier alpha value is -2.37. The maximum Gasteiger partial charge on any atom is 0.302 e. The number of hydrogen-bond acceptors (Lipinski definition) is 5. The molecule has 0 fully saturated rings. The van der Waals surface area contributed by atoms with E-state index in [1.807, 2.05) is 52.0 Å². The molecular weight excluding hydrogens is 378 g/mol. The van der Waals surface area contributed by atoms with Crippen molar-refractivity contribution in [2.24, 2.45) is 0 Å². The Morgan fingerprint density at radius 2 is 1.68 bits per heavy atom. The van der Waals surface area contributed by atoms with Crippen LogP contribution in [0.1, 0.15) is 49.2 Å². The summed E-state index contributed by atoms with van der Waals surface area (Å²) in [5, 5.41) is 3.18. The van der Waals surface area contributed by atoms with Crippen LogP contribution in [-0.2, 0) is 16.1 Å². The van der Waals surface area contributed by atoms with Gasteiger partial charge in [0.2, 0.25) is 0 Å². The Balaban J connectivity index is 0.00000392. The molecule has 0 spiro atoms. The van der Waals surface area contributed by atoms with Gasteiger partial charge in [0.25, 0.3) is 0 Å². The van der Waals surface area contributed by atoms with Gasteiger partial charge in [0.15, 0.2) is 5.78 Å². The van der Waals surface area contributed by atoms with E-state index in [0.29, 0.717) is 22.6 Å². The molecule has 0 amide bonds. The Morgan fingerprint density at radius 3 is 2.25 bits per heavy atom. The number of esters is 1. The lowest BCUT2D eigenvalue weighted by molar-refractivity contribution is -0.142. The topological polar surface area (TPSA) is 64.6 Å². The third kappa shape index (κ3) is 7.71. The summed E-state index contributed by atoms with van der Waals surface area (Å²) in [5.74, 6) is 0.817. The molecule has 5 nitrogen and oxygen atoms in total. The molecular formula is C22H28ClNO4. The highest BCUT2D eigenvalue weighted by Gasteiger charge is 2.15. The fourth-order valence-electron chi connectivity index (χ4n) is 2.33. The summed E-state index contributed by atoms with van der Waals surface area (Å²) < 4.78 is 11.1. The number of benzene rings is 2. The molecule has 0 saturated heterocycles. The summed E-state index contributed by atoms with van der Waals surface area (Å²) >= 11 is 0. The summed E-state index contributed by atoms with van der Waals surface area (Å²) in [6.07, 6.45) is 0. The van der Waals surface area contributed by atoms with Crippen LogP contribution in [0, 0.1) is 6.92 Å². The number of Topliss-reactive ketones (excluding diaryl/α,β-unsaturated/α-hetero) is 1. The number of nitrogens with one attached hydrogen (secondary N) is 1. The number of ether oxygens (including phenoxy) is 2. The highest BCUT2D eigenvalue weighted by Crippen LogP contribution is 2.27. The zero-order chi connectivity index (χ0) is 20.0. The number of ketones is 1. The van der Waals surface area contributed by atoms with Crippen molar-refractivity contribution in [3.8, 4) is 11.5 Å². The summed E-state index contributed by atoms with van der Waals surface area (Å²) in [6, 6.07) is 12.8. The average Bonchev–Trinajstić information content (AvgIpc) is 2.60. The van der Waals surface area contributed by atoms with Crippen molar-refractivity contribution < 1.29 is 19.1 Å². The summed E-state index contributed by atoms with van der Waals surface area (Å²) in [4.78, 5) is 23.7. The first-order chi connectivity index (χ1) is 12.6. The molecule has 0 unspecified atom stereocenters. The number of hydrogen-bond donors (Lipinski definition) is 1. The van der Waals surface area contributed by atoms with Crippen molar-refractivity contribution in [1.29, 1.82) is 0 Å². The van der Waals surface area contributed by atoms with Crippen LogP contribution < -0.4 is 10.1 Å². The predicted molar refractivity (Wildman–Crippen MR) is 112 cm³/mol. The van der Waals surface area contributed by atoms with Gasteiger partial charge in [-0.3, -0.25) is 9.59 Å². The van der Waals surface area contributed by atoms with Gasteiger partial charge in [0.05, 0.1) is 6.54 Å². The van der Waals surface area contributed by atoms with E-state index in [2.05, 4.69) is 5.32 Å². The van der Waals surface area contributed by atoms with Crippen LogP contribution in [0.15, 0.2) is 42.5 Å². The lowest BCUT2D eigenvalue weighted by Crippen LogP contribution is -2.39. The van der Waals surface area contributed by atoms with E-state index in [0.717, 1.165) is 5.56 Å². The Morgan fingerprint density at radius 1 is 1.04 bits per heavy atom. The maximum absolute atomic E-state index is 12.5. The third-order valence-electron chi connectivity index (χ3n) is 3.84. The molecule has 2 rings (SSSR count). The SMILES string of the molecule is CC(=O)OCc1cc(C(=O)CNC(C)(C)C)ccc1Oc1ccc(C)cc1.Cl. The zero-order valence-corrected chi connectivity index (χ0v) is 17.8. The molecule has 152 valence electrons. The van der Waals surface area contributed by atoms with Gasteiger partial charge in [-0.25, -0.2) is 0 Å². The average molecular weight is 406 g/mol. The van der Waals surface area contributed by atoms with Crippen molar-refractivity contribution in [3.63, 3.8) is 0 Å². The standard InChI is InChI=1S/C22H27NO4.ClH/c1-15-6-9-19(10-7-15)27-21-11-8-17(12-18(21)14-26-16(2)24)20(25)13-23-22(3,4)5;/h6-12,23H,13-14H2,1-5H3;1H. The van der Waals surface area contributed by atoms with Crippen molar-refractivity contribution in [2.75, 3.05) is 6.54 Å². The van der Waals surface area contributed by atoms with Crippen molar-refractivity contribution in [3.05, 3.63) is 59.2 Å². The first kappa shape index (κ1) is 23.7. The molecule has 28 heavy (non-hydrogen) atoms. The molecule has 0 aromatic heterocycles. The second kappa shape index (κ2) is 10.2. The molecule has 2 aromatic carbocycles. The lowest BCUT2D eigenvalue weighted by atomic mass is 10.0. The molecule has 0 aliphatic heterocycles. The molecule has 0 radical (unpaired) electrons. The van der Waals surface area contributed by atoms with Gasteiger partial charge in [-0.15, -0.1) is 12.4 Å². The van der Waals surface area contributed by atoms with Crippen LogP contribution in [0.3, 0.4) is 0 Å². The number of halogens is 1. The molecule has 0 saturated carbocycles. The number of rotatable bonds is 7. The maximum atomic E-state index is 12.5. The van der Waals surface area contributed by atoms with Gasteiger partial charge in [-0.1, -0.05) is 17.7 Å². The van der Waals surface area contributed by atoms with Crippen molar-refractivity contribution in [1.82, 2.24) is 5.32 Å². The zero-order valence-electron chi connectivity index (χ0n) is 17.0. The van der Waals surface area contributed by atoms with E-state index in [4.69, 9.17) is 9.47 Å². The quantitative estimate of drug-likeness (QED) is 0.527. The Labute approximate surface area is 172 Å². The second-order valence-corrected chi connectivity index (χ2v) is 7.54. The van der Waals surface area contributed by atoms with Crippen molar-refractivity contribution >= 4 is 24.2 Å². The predicted octanol–water partition coefficient (Wildman–Crippen LogP) is 4.84. The Kier molecular flexibility index (Phi) is 8.66. The molecule has 1 N–H and O–H groups in total. The monoisotopic (exact) mass is 405 g/mol. The van der Waals surface area contributed by atoms with Crippen LogP contribution >= 0.6 is 12.4 Å². The van der Waals surface area contributed by atoms with Gasteiger partial charge < -0.3 is 14.8 Å². The van der Waals surface area contributed by atoms with Gasteiger partial charge >= 0.3 is 5.97 Å². The molecule has 2 aromatic rings. The molecule has 6 heteroatoms. The number of carbonyl (C=O) groups excluding carboxylic acids is 2. The second-order valence-electron chi connectivity index (χ2n) is 7.54. The van der Waals surface area contributed by atoms with Gasteiger partial charge in [-0.05, 0) is 58.0 Å². The highest BCUT2D eigenvalue weighted by molar-refractivity contribution is 5.98. The van der Waals surface area contributed by atoms with Crippen LogP contribution in [0.5, 0.6) is 11.5 Å². The number of carbonyl (C=O) groups is 2. The molecule has 0 heterocycles. The van der Waals surface area contributed by atoms with Crippen LogP contribution in [-0.4, -0.2) is 23.8 Å². The van der Waals surface area contributed by atoms with Crippen molar-refractivity contribution in [2.45, 2.75) is 46.8 Å². The molecule has 0 aliphatic rings. The van der Waals surface area contributed by atoms with E-state index in [1.165, 1.54) is 6.92 Å². The smallest absolute Gasteiger partial charge is 0.302 e. The van der Waals surface area contributed by atoms with E-state index in [-0.39, 0.29) is 42.9 Å². The van der Waals surface area contributed by atoms with E-state index in [1.54, 1.807) is 18.2 Å². The minimum atomic E-state index is -0.387. The summed E-state index contributed by atoms with van der Waals surface area (Å²) in [5.41, 5.74) is 2.18. The normalized spacial score (nSPS) is 10.8. The number of aryl methyl sites for hydroxylation is 1. The minimum Gasteiger partial charge on any atom is -0.461 e. The van der Waals surface area contributed by atoms with E-state index < -0.39 is 0 Å².